The van der Waals surface area contributed by atoms with Crippen molar-refractivity contribution < 1.29 is 9.53 Å². The van der Waals surface area contributed by atoms with Gasteiger partial charge in [-0.05, 0) is 18.1 Å². The Morgan fingerprint density at radius 3 is 2.81 bits per heavy atom. The van der Waals surface area contributed by atoms with E-state index in [2.05, 4.69) is 10.8 Å². The molecule has 1 rings (SSSR count). The zero-order valence-electron chi connectivity index (χ0n) is 8.94. The predicted molar refractivity (Wildman–Crippen MR) is 60.9 cm³/mol. The summed E-state index contributed by atoms with van der Waals surface area (Å²) in [7, 11) is 1.31. The first kappa shape index (κ1) is 12.5. The number of carbonyl (C=O) groups excluding carboxylic acids is 1. The van der Waals surface area contributed by atoms with Crippen LogP contribution in [0.2, 0.25) is 5.02 Å². The van der Waals surface area contributed by atoms with Gasteiger partial charge in [0.25, 0.3) is 0 Å². The lowest BCUT2D eigenvalue weighted by molar-refractivity contribution is -0.141. The van der Waals surface area contributed by atoms with E-state index < -0.39 is 5.92 Å². The molecule has 0 amide bonds. The molecule has 0 N–H and O–H groups in total. The van der Waals surface area contributed by atoms with E-state index in [1.807, 2.05) is 18.2 Å². The van der Waals surface area contributed by atoms with Crippen molar-refractivity contribution in [2.75, 3.05) is 7.11 Å². The second-order valence-corrected chi connectivity index (χ2v) is 3.81. The van der Waals surface area contributed by atoms with E-state index in [0.29, 0.717) is 11.4 Å². The van der Waals surface area contributed by atoms with E-state index >= 15 is 0 Å². The van der Waals surface area contributed by atoms with Crippen LogP contribution in [-0.4, -0.2) is 13.1 Å². The third kappa shape index (κ3) is 3.56. The second kappa shape index (κ2) is 6.14. The van der Waals surface area contributed by atoms with Crippen molar-refractivity contribution >= 4 is 17.6 Å². The molecule has 0 heterocycles. The molecule has 0 bridgehead atoms. The van der Waals surface area contributed by atoms with E-state index in [9.17, 15) is 4.79 Å². The number of esters is 1. The standard InChI is InChI=1S/C12H12ClNO2/c1-16-12(15)7-9(8-14)6-10-4-2-3-5-11(10)13/h2-5,9H,6-7H2,1H3. The molecule has 1 aromatic carbocycles. The minimum atomic E-state index is -0.396. The summed E-state index contributed by atoms with van der Waals surface area (Å²) in [4.78, 5) is 11.0. The third-order valence-electron chi connectivity index (χ3n) is 2.25. The van der Waals surface area contributed by atoms with E-state index in [0.717, 1.165) is 5.56 Å². The maximum atomic E-state index is 11.0. The molecular weight excluding hydrogens is 226 g/mol. The number of nitriles is 1. The van der Waals surface area contributed by atoms with Crippen molar-refractivity contribution in [3.05, 3.63) is 34.9 Å². The van der Waals surface area contributed by atoms with Gasteiger partial charge in [-0.15, -0.1) is 0 Å². The third-order valence-corrected chi connectivity index (χ3v) is 2.62. The molecule has 0 aliphatic rings. The zero-order chi connectivity index (χ0) is 12.0. The first-order chi connectivity index (χ1) is 7.67. The molecule has 0 saturated carbocycles. The smallest absolute Gasteiger partial charge is 0.306 e. The Balaban J connectivity index is 2.68. The van der Waals surface area contributed by atoms with Crippen molar-refractivity contribution in [2.45, 2.75) is 12.8 Å². The van der Waals surface area contributed by atoms with Crippen molar-refractivity contribution in [1.29, 1.82) is 5.26 Å². The van der Waals surface area contributed by atoms with Crippen LogP contribution in [0.15, 0.2) is 24.3 Å². The Morgan fingerprint density at radius 2 is 2.25 bits per heavy atom. The van der Waals surface area contributed by atoms with Crippen LogP contribution in [-0.2, 0) is 16.0 Å². The molecular formula is C12H12ClNO2. The van der Waals surface area contributed by atoms with Gasteiger partial charge in [0.15, 0.2) is 0 Å². The summed E-state index contributed by atoms with van der Waals surface area (Å²) in [6, 6.07) is 9.38. The number of ether oxygens (including phenoxy) is 1. The van der Waals surface area contributed by atoms with Crippen molar-refractivity contribution in [3.63, 3.8) is 0 Å². The number of hydrogen-bond acceptors (Lipinski definition) is 3. The molecule has 1 atom stereocenters. The van der Waals surface area contributed by atoms with E-state index in [1.54, 1.807) is 6.07 Å². The number of nitrogens with zero attached hydrogens (tertiary/aromatic N) is 1. The van der Waals surface area contributed by atoms with Gasteiger partial charge in [0.05, 0.1) is 25.5 Å². The minimum absolute atomic E-state index is 0.0955. The number of methoxy groups -OCH3 is 1. The molecule has 1 unspecified atom stereocenters. The van der Waals surface area contributed by atoms with Crippen molar-refractivity contribution in [1.82, 2.24) is 0 Å². The van der Waals surface area contributed by atoms with Gasteiger partial charge in [0, 0.05) is 5.02 Å². The van der Waals surface area contributed by atoms with Crippen LogP contribution < -0.4 is 0 Å². The molecule has 4 heteroatoms. The number of benzene rings is 1. The number of hydrogen-bond donors (Lipinski definition) is 0. The van der Waals surface area contributed by atoms with Gasteiger partial charge >= 0.3 is 5.97 Å². The summed E-state index contributed by atoms with van der Waals surface area (Å²) in [5.41, 5.74) is 0.875. The molecule has 0 saturated heterocycles. The quantitative estimate of drug-likeness (QED) is 0.757. The van der Waals surface area contributed by atoms with Gasteiger partial charge in [0.2, 0.25) is 0 Å². The molecule has 0 aromatic heterocycles. The summed E-state index contributed by atoms with van der Waals surface area (Å²) in [5.74, 6) is -0.772. The average molecular weight is 238 g/mol. The van der Waals surface area contributed by atoms with Crippen LogP contribution in [0.1, 0.15) is 12.0 Å². The average Bonchev–Trinajstić information content (AvgIpc) is 2.30. The Hall–Kier alpha value is -1.53. The summed E-state index contributed by atoms with van der Waals surface area (Å²) in [6.07, 6.45) is 0.559. The van der Waals surface area contributed by atoms with Gasteiger partial charge < -0.3 is 4.74 Å². The second-order valence-electron chi connectivity index (χ2n) is 3.40. The molecule has 0 radical (unpaired) electrons. The van der Waals surface area contributed by atoms with Gasteiger partial charge in [-0.25, -0.2) is 0 Å². The van der Waals surface area contributed by atoms with E-state index in [1.165, 1.54) is 7.11 Å². The van der Waals surface area contributed by atoms with Crippen LogP contribution in [0.4, 0.5) is 0 Å². The Labute approximate surface area is 99.6 Å². The lowest BCUT2D eigenvalue weighted by Crippen LogP contribution is -2.11. The van der Waals surface area contributed by atoms with Crippen LogP contribution in [0, 0.1) is 17.2 Å². The zero-order valence-corrected chi connectivity index (χ0v) is 9.70. The Bertz CT molecular complexity index is 412. The van der Waals surface area contributed by atoms with Crippen molar-refractivity contribution in [2.24, 2.45) is 5.92 Å². The van der Waals surface area contributed by atoms with E-state index in [-0.39, 0.29) is 12.4 Å². The molecule has 1 aromatic rings. The van der Waals surface area contributed by atoms with Gasteiger partial charge in [-0.2, -0.15) is 5.26 Å². The van der Waals surface area contributed by atoms with Crippen LogP contribution >= 0.6 is 11.6 Å². The molecule has 0 fully saturated rings. The highest BCUT2D eigenvalue weighted by Crippen LogP contribution is 2.20. The fraction of sp³-hybridized carbons (Fsp3) is 0.333. The summed E-state index contributed by atoms with van der Waals surface area (Å²) in [6.45, 7) is 0. The number of carbonyl (C=O) groups is 1. The monoisotopic (exact) mass is 237 g/mol. The van der Waals surface area contributed by atoms with Crippen LogP contribution in [0.3, 0.4) is 0 Å². The van der Waals surface area contributed by atoms with Gasteiger partial charge in [-0.1, -0.05) is 29.8 Å². The molecule has 0 aliphatic heterocycles. The highest BCUT2D eigenvalue weighted by Gasteiger charge is 2.15. The topological polar surface area (TPSA) is 50.1 Å². The highest BCUT2D eigenvalue weighted by atomic mass is 35.5. The predicted octanol–water partition coefficient (Wildman–Crippen LogP) is 2.59. The molecule has 3 nitrogen and oxygen atoms in total. The normalized spacial score (nSPS) is 11.6. The first-order valence-corrected chi connectivity index (χ1v) is 5.25. The number of rotatable bonds is 4. The van der Waals surface area contributed by atoms with Crippen LogP contribution in [0.25, 0.3) is 0 Å². The fourth-order valence-corrected chi connectivity index (χ4v) is 1.59. The molecule has 16 heavy (non-hydrogen) atoms. The maximum Gasteiger partial charge on any atom is 0.306 e. The highest BCUT2D eigenvalue weighted by molar-refractivity contribution is 6.31. The summed E-state index contributed by atoms with van der Waals surface area (Å²) < 4.78 is 4.53. The minimum Gasteiger partial charge on any atom is -0.469 e. The molecule has 0 aliphatic carbocycles. The lowest BCUT2D eigenvalue weighted by Gasteiger charge is -2.08. The SMILES string of the molecule is COC(=O)CC(C#N)Cc1ccccc1Cl. The summed E-state index contributed by atoms with van der Waals surface area (Å²) >= 11 is 5.97. The lowest BCUT2D eigenvalue weighted by atomic mass is 9.98. The van der Waals surface area contributed by atoms with Gasteiger partial charge in [-0.3, -0.25) is 4.79 Å². The Kier molecular flexibility index (Phi) is 4.81. The molecule has 84 valence electrons. The van der Waals surface area contributed by atoms with Crippen LogP contribution in [0.5, 0.6) is 0 Å². The Morgan fingerprint density at radius 1 is 1.56 bits per heavy atom. The largest absolute Gasteiger partial charge is 0.469 e. The maximum absolute atomic E-state index is 11.0. The summed E-state index contributed by atoms with van der Waals surface area (Å²) in [5, 5.41) is 9.54. The van der Waals surface area contributed by atoms with E-state index in [4.69, 9.17) is 16.9 Å². The fourth-order valence-electron chi connectivity index (χ4n) is 1.38. The van der Waals surface area contributed by atoms with Gasteiger partial charge in [0.1, 0.15) is 0 Å². The number of halogens is 1. The van der Waals surface area contributed by atoms with Crippen molar-refractivity contribution in [3.8, 4) is 6.07 Å². The molecule has 0 spiro atoms. The first-order valence-electron chi connectivity index (χ1n) is 4.87.